The van der Waals surface area contributed by atoms with Gasteiger partial charge in [-0.3, -0.25) is 0 Å². The Morgan fingerprint density at radius 2 is 1.87 bits per heavy atom. The molecule has 0 aliphatic carbocycles. The first-order valence-corrected chi connectivity index (χ1v) is 9.08. The molecule has 2 aromatic rings. The summed E-state index contributed by atoms with van der Waals surface area (Å²) >= 11 is 5.79. The molecule has 1 aromatic heterocycles. The predicted octanol–water partition coefficient (Wildman–Crippen LogP) is 2.55. The van der Waals surface area contributed by atoms with E-state index in [9.17, 15) is 8.42 Å². The standard InChI is InChI=1S/C15H18ClN3O3S/c1-22-10-2-9-17-14-7-8-15(19-18-14)23(20,21)11-12-3-5-13(16)6-4-12/h3-8H,2,9-11H2,1H3,(H,17,18). The highest BCUT2D eigenvalue weighted by atomic mass is 35.5. The maximum absolute atomic E-state index is 12.3. The molecule has 0 bridgehead atoms. The number of nitrogens with one attached hydrogen (secondary N) is 1. The summed E-state index contributed by atoms with van der Waals surface area (Å²) in [6, 6.07) is 9.74. The quantitative estimate of drug-likeness (QED) is 0.733. The van der Waals surface area contributed by atoms with Crippen molar-refractivity contribution in [3.05, 3.63) is 47.0 Å². The van der Waals surface area contributed by atoms with Crippen LogP contribution in [-0.4, -0.2) is 38.9 Å². The molecular formula is C15H18ClN3O3S. The van der Waals surface area contributed by atoms with Gasteiger partial charge in [0.15, 0.2) is 5.03 Å². The Labute approximate surface area is 140 Å². The van der Waals surface area contributed by atoms with E-state index in [4.69, 9.17) is 16.3 Å². The third-order valence-electron chi connectivity index (χ3n) is 3.06. The number of halogens is 1. The summed E-state index contributed by atoms with van der Waals surface area (Å²) in [4.78, 5) is 0. The fourth-order valence-corrected chi connectivity index (χ4v) is 3.23. The van der Waals surface area contributed by atoms with Gasteiger partial charge < -0.3 is 10.1 Å². The second-order valence-corrected chi connectivity index (χ2v) is 7.29. The van der Waals surface area contributed by atoms with Crippen molar-refractivity contribution >= 4 is 27.3 Å². The number of anilines is 1. The molecule has 23 heavy (non-hydrogen) atoms. The number of ether oxygens (including phenoxy) is 1. The minimum absolute atomic E-state index is 0.0464. The first-order valence-electron chi connectivity index (χ1n) is 7.05. The van der Waals surface area contributed by atoms with E-state index in [1.165, 1.54) is 6.07 Å². The van der Waals surface area contributed by atoms with Crippen molar-refractivity contribution in [2.24, 2.45) is 0 Å². The van der Waals surface area contributed by atoms with Crippen LogP contribution >= 0.6 is 11.6 Å². The lowest BCUT2D eigenvalue weighted by Gasteiger charge is -2.06. The van der Waals surface area contributed by atoms with Crippen LogP contribution in [0, 0.1) is 0 Å². The lowest BCUT2D eigenvalue weighted by atomic mass is 10.2. The Bertz CT molecular complexity index is 719. The van der Waals surface area contributed by atoms with Crippen LogP contribution in [0.3, 0.4) is 0 Å². The molecule has 0 spiro atoms. The summed E-state index contributed by atoms with van der Waals surface area (Å²) in [5, 5.41) is 11.3. The smallest absolute Gasteiger partial charge is 0.201 e. The molecule has 0 amide bonds. The molecule has 6 nitrogen and oxygen atoms in total. The Morgan fingerprint density at radius 1 is 1.13 bits per heavy atom. The number of sulfone groups is 1. The van der Waals surface area contributed by atoms with E-state index in [2.05, 4.69) is 15.5 Å². The molecular weight excluding hydrogens is 338 g/mol. The zero-order valence-corrected chi connectivity index (χ0v) is 14.3. The number of rotatable bonds is 8. The Kier molecular flexibility index (Phi) is 6.32. The normalized spacial score (nSPS) is 11.4. The van der Waals surface area contributed by atoms with Crippen LogP contribution in [0.15, 0.2) is 41.4 Å². The summed E-state index contributed by atoms with van der Waals surface area (Å²) < 4.78 is 29.6. The predicted molar refractivity (Wildman–Crippen MR) is 89.4 cm³/mol. The van der Waals surface area contributed by atoms with Gasteiger partial charge in [-0.2, -0.15) is 0 Å². The molecule has 0 fully saturated rings. The first kappa shape index (κ1) is 17.7. The molecule has 1 heterocycles. The van der Waals surface area contributed by atoms with E-state index < -0.39 is 9.84 Å². The van der Waals surface area contributed by atoms with Crippen LogP contribution < -0.4 is 5.32 Å². The van der Waals surface area contributed by atoms with Crippen molar-refractivity contribution in [2.75, 3.05) is 25.6 Å². The molecule has 0 aliphatic rings. The van der Waals surface area contributed by atoms with E-state index in [1.54, 1.807) is 37.4 Å². The maximum atomic E-state index is 12.3. The number of benzene rings is 1. The van der Waals surface area contributed by atoms with Gasteiger partial charge in [-0.1, -0.05) is 23.7 Å². The molecule has 0 unspecified atom stereocenters. The van der Waals surface area contributed by atoms with Crippen molar-refractivity contribution in [3.8, 4) is 0 Å². The Morgan fingerprint density at radius 3 is 2.48 bits per heavy atom. The van der Waals surface area contributed by atoms with Gasteiger partial charge in [0, 0.05) is 25.3 Å². The molecule has 2 rings (SSSR count). The summed E-state index contributed by atoms with van der Waals surface area (Å²) in [7, 11) is -1.90. The molecule has 124 valence electrons. The monoisotopic (exact) mass is 355 g/mol. The molecule has 1 N–H and O–H groups in total. The van der Waals surface area contributed by atoms with Gasteiger partial charge in [0.05, 0.1) is 5.75 Å². The van der Waals surface area contributed by atoms with E-state index in [-0.39, 0.29) is 10.8 Å². The lowest BCUT2D eigenvalue weighted by molar-refractivity contribution is 0.197. The van der Waals surface area contributed by atoms with Gasteiger partial charge in [-0.05, 0) is 36.2 Å². The average Bonchev–Trinajstić information content (AvgIpc) is 2.54. The molecule has 0 saturated heterocycles. The summed E-state index contributed by atoms with van der Waals surface area (Å²) in [6.45, 7) is 1.33. The van der Waals surface area contributed by atoms with Crippen molar-refractivity contribution < 1.29 is 13.2 Å². The highest BCUT2D eigenvalue weighted by Gasteiger charge is 2.17. The molecule has 8 heteroatoms. The van der Waals surface area contributed by atoms with E-state index >= 15 is 0 Å². The zero-order valence-electron chi connectivity index (χ0n) is 12.7. The van der Waals surface area contributed by atoms with Crippen LogP contribution in [0.25, 0.3) is 0 Å². The van der Waals surface area contributed by atoms with Gasteiger partial charge in [0.1, 0.15) is 5.82 Å². The van der Waals surface area contributed by atoms with Gasteiger partial charge in [0.2, 0.25) is 9.84 Å². The van der Waals surface area contributed by atoms with Crippen LogP contribution in [0.4, 0.5) is 5.82 Å². The number of aromatic nitrogens is 2. The minimum Gasteiger partial charge on any atom is -0.385 e. The third kappa shape index (κ3) is 5.46. The van der Waals surface area contributed by atoms with Gasteiger partial charge in [-0.25, -0.2) is 8.42 Å². The molecule has 0 saturated carbocycles. The number of nitrogens with zero attached hydrogens (tertiary/aromatic N) is 2. The van der Waals surface area contributed by atoms with Crippen LogP contribution in [0.1, 0.15) is 12.0 Å². The Balaban J connectivity index is 2.01. The van der Waals surface area contributed by atoms with Gasteiger partial charge in [-0.15, -0.1) is 10.2 Å². The van der Waals surface area contributed by atoms with Crippen LogP contribution in [0.5, 0.6) is 0 Å². The van der Waals surface area contributed by atoms with Gasteiger partial charge >= 0.3 is 0 Å². The van der Waals surface area contributed by atoms with Crippen molar-refractivity contribution in [1.29, 1.82) is 0 Å². The summed E-state index contributed by atoms with van der Waals surface area (Å²) in [6.07, 6.45) is 0.828. The van der Waals surface area contributed by atoms with Crippen LogP contribution in [-0.2, 0) is 20.3 Å². The Hall–Kier alpha value is -1.70. The van der Waals surface area contributed by atoms with Crippen molar-refractivity contribution in [3.63, 3.8) is 0 Å². The zero-order chi connectivity index (χ0) is 16.7. The SMILES string of the molecule is COCCCNc1ccc(S(=O)(=O)Cc2ccc(Cl)cc2)nn1. The molecule has 0 aliphatic heterocycles. The lowest BCUT2D eigenvalue weighted by Crippen LogP contribution is -2.10. The minimum atomic E-state index is -3.54. The number of hydrogen-bond donors (Lipinski definition) is 1. The van der Waals surface area contributed by atoms with E-state index in [0.29, 0.717) is 29.6 Å². The second-order valence-electron chi connectivity index (χ2n) is 4.92. The van der Waals surface area contributed by atoms with Crippen molar-refractivity contribution in [1.82, 2.24) is 10.2 Å². The molecule has 0 atom stereocenters. The van der Waals surface area contributed by atoms with Crippen LogP contribution in [0.2, 0.25) is 5.02 Å². The largest absolute Gasteiger partial charge is 0.385 e. The van der Waals surface area contributed by atoms with Gasteiger partial charge in [0.25, 0.3) is 0 Å². The van der Waals surface area contributed by atoms with E-state index in [0.717, 1.165) is 6.42 Å². The fourth-order valence-electron chi connectivity index (χ4n) is 1.89. The van der Waals surface area contributed by atoms with E-state index in [1.807, 2.05) is 0 Å². The maximum Gasteiger partial charge on any atom is 0.201 e. The van der Waals surface area contributed by atoms with Crippen molar-refractivity contribution in [2.45, 2.75) is 17.2 Å². The molecule has 1 aromatic carbocycles. The summed E-state index contributed by atoms with van der Waals surface area (Å²) in [5.74, 6) is 0.394. The number of methoxy groups -OCH3 is 1. The first-order chi connectivity index (χ1) is 11.0. The fraction of sp³-hybridized carbons (Fsp3) is 0.333. The third-order valence-corrected chi connectivity index (χ3v) is 4.88. The topological polar surface area (TPSA) is 81.2 Å². The molecule has 0 radical (unpaired) electrons. The average molecular weight is 356 g/mol. The second kappa shape index (κ2) is 8.24. The highest BCUT2D eigenvalue weighted by molar-refractivity contribution is 7.90. The summed E-state index contributed by atoms with van der Waals surface area (Å²) in [5.41, 5.74) is 0.651. The number of hydrogen-bond acceptors (Lipinski definition) is 6. The highest BCUT2D eigenvalue weighted by Crippen LogP contribution is 2.17.